The molecule has 1 unspecified atom stereocenters. The van der Waals surface area contributed by atoms with Crippen LogP contribution in [0.5, 0.6) is 0 Å². The fourth-order valence-electron chi connectivity index (χ4n) is 4.16. The standard InChI is InChI=1S/C16H32N2O/c1-3-4-5-8-15(17-2)16(9-6-7-10-16)18-11-13-19-14-12-18/h15,17H,3-14H2,1-2H3. The molecule has 0 aromatic rings. The van der Waals surface area contributed by atoms with Gasteiger partial charge in [0.2, 0.25) is 0 Å². The summed E-state index contributed by atoms with van der Waals surface area (Å²) in [5.41, 5.74) is 0.423. The van der Waals surface area contributed by atoms with Gasteiger partial charge in [-0.05, 0) is 26.3 Å². The summed E-state index contributed by atoms with van der Waals surface area (Å²) in [6.45, 7) is 6.40. The molecule has 0 radical (unpaired) electrons. The minimum Gasteiger partial charge on any atom is -0.379 e. The highest BCUT2D eigenvalue weighted by Crippen LogP contribution is 2.40. The molecule has 1 saturated heterocycles. The van der Waals surface area contributed by atoms with Crippen LogP contribution in [-0.4, -0.2) is 49.8 Å². The zero-order valence-electron chi connectivity index (χ0n) is 12.9. The van der Waals surface area contributed by atoms with E-state index >= 15 is 0 Å². The maximum absolute atomic E-state index is 5.55. The molecule has 1 heterocycles. The second-order valence-corrected chi connectivity index (χ2v) is 6.25. The topological polar surface area (TPSA) is 24.5 Å². The molecular weight excluding hydrogens is 236 g/mol. The van der Waals surface area contributed by atoms with Gasteiger partial charge in [0.15, 0.2) is 0 Å². The molecule has 1 aliphatic heterocycles. The number of hydrogen-bond acceptors (Lipinski definition) is 3. The highest BCUT2D eigenvalue weighted by molar-refractivity contribution is 5.03. The first-order valence-corrected chi connectivity index (χ1v) is 8.33. The molecule has 19 heavy (non-hydrogen) atoms. The number of ether oxygens (including phenoxy) is 1. The highest BCUT2D eigenvalue weighted by atomic mass is 16.5. The van der Waals surface area contributed by atoms with Crippen LogP contribution >= 0.6 is 0 Å². The Kier molecular flexibility index (Phi) is 6.11. The van der Waals surface area contributed by atoms with E-state index in [2.05, 4.69) is 24.2 Å². The molecule has 112 valence electrons. The van der Waals surface area contributed by atoms with Crippen molar-refractivity contribution in [3.05, 3.63) is 0 Å². The molecule has 0 bridgehead atoms. The van der Waals surface area contributed by atoms with Gasteiger partial charge in [-0.2, -0.15) is 0 Å². The third kappa shape index (κ3) is 3.50. The van der Waals surface area contributed by atoms with Crippen LogP contribution in [0, 0.1) is 0 Å². The predicted molar refractivity (Wildman–Crippen MR) is 80.6 cm³/mol. The van der Waals surface area contributed by atoms with Crippen molar-refractivity contribution >= 4 is 0 Å². The molecule has 1 aliphatic carbocycles. The van der Waals surface area contributed by atoms with Crippen molar-refractivity contribution in [2.45, 2.75) is 69.9 Å². The Morgan fingerprint density at radius 1 is 1.16 bits per heavy atom. The lowest BCUT2D eigenvalue weighted by Crippen LogP contribution is -2.61. The molecule has 1 atom stereocenters. The SMILES string of the molecule is CCCCCC(NC)C1(N2CCOCC2)CCCC1. The van der Waals surface area contributed by atoms with Crippen LogP contribution in [0.15, 0.2) is 0 Å². The quantitative estimate of drug-likeness (QED) is 0.719. The Labute approximate surface area is 119 Å². The van der Waals surface area contributed by atoms with E-state index in [1.807, 2.05) is 0 Å². The summed E-state index contributed by atoms with van der Waals surface area (Å²) in [7, 11) is 2.16. The van der Waals surface area contributed by atoms with Gasteiger partial charge in [-0.25, -0.2) is 0 Å². The Morgan fingerprint density at radius 3 is 2.42 bits per heavy atom. The summed E-state index contributed by atoms with van der Waals surface area (Å²) in [4.78, 5) is 2.75. The van der Waals surface area contributed by atoms with E-state index in [-0.39, 0.29) is 0 Å². The first-order valence-electron chi connectivity index (χ1n) is 8.33. The lowest BCUT2D eigenvalue weighted by molar-refractivity contribution is -0.0361. The van der Waals surface area contributed by atoms with Gasteiger partial charge in [-0.15, -0.1) is 0 Å². The fourth-order valence-corrected chi connectivity index (χ4v) is 4.16. The number of unbranched alkanes of at least 4 members (excludes halogenated alkanes) is 2. The van der Waals surface area contributed by atoms with Crippen molar-refractivity contribution in [2.24, 2.45) is 0 Å². The molecule has 1 saturated carbocycles. The van der Waals surface area contributed by atoms with Crippen LogP contribution < -0.4 is 5.32 Å². The van der Waals surface area contributed by atoms with Gasteiger partial charge in [0, 0.05) is 24.7 Å². The zero-order chi connectivity index (χ0) is 13.6. The normalized spacial score (nSPS) is 25.6. The average molecular weight is 268 g/mol. The number of nitrogens with zero attached hydrogens (tertiary/aromatic N) is 1. The molecule has 0 aromatic heterocycles. The maximum Gasteiger partial charge on any atom is 0.0594 e. The summed E-state index contributed by atoms with van der Waals surface area (Å²) in [5.74, 6) is 0. The minimum atomic E-state index is 0.423. The fraction of sp³-hybridized carbons (Fsp3) is 1.00. The van der Waals surface area contributed by atoms with Crippen molar-refractivity contribution < 1.29 is 4.74 Å². The summed E-state index contributed by atoms with van der Waals surface area (Å²) >= 11 is 0. The first kappa shape index (κ1) is 15.3. The Hall–Kier alpha value is -0.120. The third-order valence-corrected chi connectivity index (χ3v) is 5.20. The van der Waals surface area contributed by atoms with Crippen LogP contribution in [-0.2, 0) is 4.74 Å². The second kappa shape index (κ2) is 7.61. The molecule has 2 rings (SSSR count). The Bertz CT molecular complexity index is 245. The largest absolute Gasteiger partial charge is 0.379 e. The van der Waals surface area contributed by atoms with Gasteiger partial charge in [0.1, 0.15) is 0 Å². The number of rotatable bonds is 7. The van der Waals surface area contributed by atoms with Crippen LogP contribution in [0.1, 0.15) is 58.3 Å². The Balaban J connectivity index is 2.02. The molecule has 1 N–H and O–H groups in total. The van der Waals surface area contributed by atoms with Gasteiger partial charge in [0.25, 0.3) is 0 Å². The van der Waals surface area contributed by atoms with E-state index < -0.39 is 0 Å². The van der Waals surface area contributed by atoms with Gasteiger partial charge in [0.05, 0.1) is 13.2 Å². The number of morpholine rings is 1. The monoisotopic (exact) mass is 268 g/mol. The maximum atomic E-state index is 5.55. The molecule has 3 nitrogen and oxygen atoms in total. The van der Waals surface area contributed by atoms with Gasteiger partial charge in [-0.1, -0.05) is 39.0 Å². The minimum absolute atomic E-state index is 0.423. The van der Waals surface area contributed by atoms with E-state index in [4.69, 9.17) is 4.74 Å². The van der Waals surface area contributed by atoms with Crippen LogP contribution in [0.4, 0.5) is 0 Å². The number of nitrogens with one attached hydrogen (secondary N) is 1. The second-order valence-electron chi connectivity index (χ2n) is 6.25. The van der Waals surface area contributed by atoms with Gasteiger partial charge >= 0.3 is 0 Å². The average Bonchev–Trinajstić information content (AvgIpc) is 2.95. The lowest BCUT2D eigenvalue weighted by Gasteiger charge is -2.48. The Morgan fingerprint density at radius 2 is 1.84 bits per heavy atom. The third-order valence-electron chi connectivity index (χ3n) is 5.20. The molecule has 0 aromatic carbocycles. The first-order chi connectivity index (χ1) is 9.33. The van der Waals surface area contributed by atoms with E-state index in [0.29, 0.717) is 11.6 Å². The van der Waals surface area contributed by atoms with Crippen molar-refractivity contribution in [1.82, 2.24) is 10.2 Å². The molecule has 2 aliphatic rings. The smallest absolute Gasteiger partial charge is 0.0594 e. The molecule has 2 fully saturated rings. The van der Waals surface area contributed by atoms with E-state index in [0.717, 1.165) is 26.3 Å². The van der Waals surface area contributed by atoms with Crippen molar-refractivity contribution in [2.75, 3.05) is 33.4 Å². The highest BCUT2D eigenvalue weighted by Gasteiger charge is 2.45. The number of likely N-dealkylation sites (N-methyl/N-ethyl adjacent to an activating group) is 1. The van der Waals surface area contributed by atoms with Gasteiger partial charge < -0.3 is 10.1 Å². The summed E-state index contributed by atoms with van der Waals surface area (Å²) in [5, 5.41) is 3.66. The lowest BCUT2D eigenvalue weighted by atomic mass is 9.82. The van der Waals surface area contributed by atoms with E-state index in [1.165, 1.54) is 51.4 Å². The summed E-state index contributed by atoms with van der Waals surface area (Å²) < 4.78 is 5.55. The van der Waals surface area contributed by atoms with Crippen molar-refractivity contribution in [3.63, 3.8) is 0 Å². The van der Waals surface area contributed by atoms with Crippen molar-refractivity contribution in [1.29, 1.82) is 0 Å². The molecule has 0 amide bonds. The van der Waals surface area contributed by atoms with Crippen LogP contribution in [0.3, 0.4) is 0 Å². The summed E-state index contributed by atoms with van der Waals surface area (Å²) in [6, 6.07) is 0.666. The number of hydrogen-bond donors (Lipinski definition) is 1. The van der Waals surface area contributed by atoms with Gasteiger partial charge in [-0.3, -0.25) is 4.90 Å². The van der Waals surface area contributed by atoms with E-state index in [1.54, 1.807) is 0 Å². The van der Waals surface area contributed by atoms with Crippen LogP contribution in [0.2, 0.25) is 0 Å². The molecule has 3 heteroatoms. The summed E-state index contributed by atoms with van der Waals surface area (Å²) in [6.07, 6.45) is 11.0. The predicted octanol–water partition coefficient (Wildman–Crippen LogP) is 2.80. The van der Waals surface area contributed by atoms with Crippen molar-refractivity contribution in [3.8, 4) is 0 Å². The van der Waals surface area contributed by atoms with Crippen LogP contribution in [0.25, 0.3) is 0 Å². The van der Waals surface area contributed by atoms with E-state index in [9.17, 15) is 0 Å². The molecule has 0 spiro atoms. The molecular formula is C16H32N2O. The zero-order valence-corrected chi connectivity index (χ0v) is 12.9.